The minimum absolute atomic E-state index is 0. The van der Waals surface area contributed by atoms with Crippen molar-refractivity contribution in [2.45, 2.75) is 38.3 Å². The number of unbranched alkanes of at least 4 members (excludes halogenated alkanes) is 1. The van der Waals surface area contributed by atoms with Crippen LogP contribution in [0.25, 0.3) is 0 Å². The van der Waals surface area contributed by atoms with E-state index in [1.54, 1.807) is 0 Å². The second-order valence-corrected chi connectivity index (χ2v) is 5.62. The molecule has 98 valence electrons. The highest BCUT2D eigenvalue weighted by Crippen LogP contribution is 2.27. The molecule has 0 aliphatic rings. The largest absolute Gasteiger partial charge is 0.391 e. The molecular weight excluding hydrogens is 369 g/mol. The molecule has 0 fully saturated rings. The molecule has 0 aromatic heterocycles. The summed E-state index contributed by atoms with van der Waals surface area (Å²) in [5, 5.41) is 9.91. The molecule has 5 heteroatoms. The Morgan fingerprint density at radius 1 is 1.29 bits per heavy atom. The molecule has 0 radical (unpaired) electrons. The summed E-state index contributed by atoms with van der Waals surface area (Å²) in [6, 6.07) is 5.51. The van der Waals surface area contributed by atoms with Crippen LogP contribution >= 0.6 is 44.3 Å². The Balaban J connectivity index is 0.00000256. The van der Waals surface area contributed by atoms with Crippen LogP contribution in [0.5, 0.6) is 0 Å². The first kappa shape index (κ1) is 17.4. The van der Waals surface area contributed by atoms with Crippen molar-refractivity contribution >= 4 is 44.3 Å². The van der Waals surface area contributed by atoms with E-state index in [2.05, 4.69) is 38.8 Å². The van der Waals surface area contributed by atoms with E-state index in [1.807, 2.05) is 18.2 Å². The molecular formula is C12H18Br2ClNO. The van der Waals surface area contributed by atoms with Gasteiger partial charge in [0.15, 0.2) is 0 Å². The molecule has 1 aromatic rings. The molecule has 0 saturated carbocycles. The average Bonchev–Trinajstić information content (AvgIpc) is 2.28. The predicted molar refractivity (Wildman–Crippen MR) is 81.6 cm³/mol. The van der Waals surface area contributed by atoms with Gasteiger partial charge in [-0.15, -0.1) is 12.4 Å². The van der Waals surface area contributed by atoms with Crippen LogP contribution < -0.4 is 5.73 Å². The lowest BCUT2D eigenvalue weighted by molar-refractivity contribution is 0.132. The summed E-state index contributed by atoms with van der Waals surface area (Å²) in [5.41, 5.74) is 6.97. The highest BCUT2D eigenvalue weighted by atomic mass is 79.9. The summed E-state index contributed by atoms with van der Waals surface area (Å²) in [4.78, 5) is 0. The fraction of sp³-hybridized carbons (Fsp3) is 0.500. The van der Waals surface area contributed by atoms with Crippen LogP contribution in [-0.4, -0.2) is 11.2 Å². The molecule has 0 spiro atoms. The predicted octanol–water partition coefficient (Wildman–Crippen LogP) is 4.18. The normalized spacial score (nSPS) is 13.9. The lowest BCUT2D eigenvalue weighted by atomic mass is 9.98. The smallest absolute Gasteiger partial charge is 0.0732 e. The number of hydrogen-bond donors (Lipinski definition) is 2. The van der Waals surface area contributed by atoms with Crippen LogP contribution in [0.3, 0.4) is 0 Å². The van der Waals surface area contributed by atoms with Crippen molar-refractivity contribution in [1.82, 2.24) is 0 Å². The molecule has 0 unspecified atom stereocenters. The first-order chi connectivity index (χ1) is 7.56. The van der Waals surface area contributed by atoms with E-state index < -0.39 is 6.10 Å². The fourth-order valence-corrected chi connectivity index (χ4v) is 2.18. The molecule has 1 rings (SSSR count). The molecule has 3 N–H and O–H groups in total. The van der Waals surface area contributed by atoms with Gasteiger partial charge in [-0.3, -0.25) is 0 Å². The first-order valence-corrected chi connectivity index (χ1v) is 7.03. The second-order valence-electron chi connectivity index (χ2n) is 3.91. The Morgan fingerprint density at radius 3 is 2.47 bits per heavy atom. The quantitative estimate of drug-likeness (QED) is 0.796. The van der Waals surface area contributed by atoms with Crippen LogP contribution in [0.2, 0.25) is 0 Å². The fourth-order valence-electron chi connectivity index (χ4n) is 1.53. The van der Waals surface area contributed by atoms with Crippen molar-refractivity contribution in [3.05, 3.63) is 32.7 Å². The van der Waals surface area contributed by atoms with Crippen molar-refractivity contribution in [2.75, 3.05) is 0 Å². The molecule has 0 aliphatic heterocycles. The van der Waals surface area contributed by atoms with Crippen molar-refractivity contribution in [3.8, 4) is 0 Å². The van der Waals surface area contributed by atoms with Gasteiger partial charge in [-0.2, -0.15) is 0 Å². The van der Waals surface area contributed by atoms with E-state index in [1.165, 1.54) is 0 Å². The number of hydrogen-bond acceptors (Lipinski definition) is 2. The zero-order chi connectivity index (χ0) is 12.1. The summed E-state index contributed by atoms with van der Waals surface area (Å²) < 4.78 is 1.95. The number of rotatable bonds is 5. The molecule has 2 atom stereocenters. The standard InChI is InChI=1S/C12H17Br2NO.ClH/c1-2-3-4-11(16)12(15)8-5-6-9(13)10(14)7-8;/h5-7,11-12,16H,2-4,15H2,1H3;1H/t11-,12+;/m0./s1. The van der Waals surface area contributed by atoms with E-state index in [4.69, 9.17) is 5.73 Å². The SMILES string of the molecule is CCCC[C@H](O)[C@H](N)c1ccc(Br)c(Br)c1.Cl. The number of nitrogens with two attached hydrogens (primary N) is 1. The molecule has 2 nitrogen and oxygen atoms in total. The Morgan fingerprint density at radius 2 is 1.94 bits per heavy atom. The minimum Gasteiger partial charge on any atom is -0.391 e. The van der Waals surface area contributed by atoms with Crippen molar-refractivity contribution in [3.63, 3.8) is 0 Å². The second kappa shape index (κ2) is 8.48. The summed E-state index contributed by atoms with van der Waals surface area (Å²) in [7, 11) is 0. The van der Waals surface area contributed by atoms with Gasteiger partial charge in [0, 0.05) is 8.95 Å². The van der Waals surface area contributed by atoms with Gasteiger partial charge in [-0.25, -0.2) is 0 Å². The summed E-state index contributed by atoms with van der Waals surface area (Å²) in [6.07, 6.45) is 2.37. The van der Waals surface area contributed by atoms with Gasteiger partial charge in [0.2, 0.25) is 0 Å². The first-order valence-electron chi connectivity index (χ1n) is 5.44. The van der Waals surface area contributed by atoms with Crippen LogP contribution in [0.1, 0.15) is 37.8 Å². The van der Waals surface area contributed by atoms with Crippen LogP contribution in [0, 0.1) is 0 Å². The monoisotopic (exact) mass is 385 g/mol. The minimum atomic E-state index is -0.465. The molecule has 0 aliphatic carbocycles. The highest BCUT2D eigenvalue weighted by molar-refractivity contribution is 9.13. The van der Waals surface area contributed by atoms with Gasteiger partial charge in [-0.05, 0) is 56.0 Å². The maximum absolute atomic E-state index is 9.91. The lowest BCUT2D eigenvalue weighted by Crippen LogP contribution is -2.26. The maximum Gasteiger partial charge on any atom is 0.0732 e. The third kappa shape index (κ3) is 5.26. The molecule has 0 amide bonds. The third-order valence-electron chi connectivity index (χ3n) is 2.60. The van der Waals surface area contributed by atoms with Crippen molar-refractivity contribution < 1.29 is 5.11 Å². The summed E-state index contributed by atoms with van der Waals surface area (Å²) in [6.45, 7) is 2.11. The molecule has 0 bridgehead atoms. The van der Waals surface area contributed by atoms with Crippen molar-refractivity contribution in [2.24, 2.45) is 5.73 Å². The Kier molecular flexibility index (Phi) is 8.68. The van der Waals surface area contributed by atoms with Gasteiger partial charge in [-0.1, -0.05) is 25.8 Å². The van der Waals surface area contributed by atoms with Gasteiger partial charge in [0.1, 0.15) is 0 Å². The van der Waals surface area contributed by atoms with E-state index in [9.17, 15) is 5.11 Å². The molecule has 0 heterocycles. The van der Waals surface area contributed by atoms with E-state index in [-0.39, 0.29) is 18.4 Å². The van der Waals surface area contributed by atoms with Crippen LogP contribution in [0.4, 0.5) is 0 Å². The number of benzene rings is 1. The number of aliphatic hydroxyl groups excluding tert-OH is 1. The third-order valence-corrected chi connectivity index (χ3v) is 4.48. The molecule has 17 heavy (non-hydrogen) atoms. The zero-order valence-corrected chi connectivity index (χ0v) is 13.7. The van der Waals surface area contributed by atoms with Crippen LogP contribution in [-0.2, 0) is 0 Å². The Bertz CT molecular complexity index is 349. The average molecular weight is 388 g/mol. The van der Waals surface area contributed by atoms with Gasteiger partial charge < -0.3 is 10.8 Å². The zero-order valence-electron chi connectivity index (χ0n) is 9.70. The van der Waals surface area contributed by atoms with Crippen LogP contribution in [0.15, 0.2) is 27.1 Å². The Labute approximate surface area is 126 Å². The van der Waals surface area contributed by atoms with Gasteiger partial charge in [0.05, 0.1) is 12.1 Å². The van der Waals surface area contributed by atoms with Gasteiger partial charge in [0.25, 0.3) is 0 Å². The van der Waals surface area contributed by atoms with Crippen molar-refractivity contribution in [1.29, 1.82) is 0 Å². The highest BCUT2D eigenvalue weighted by Gasteiger charge is 2.16. The molecule has 0 saturated heterocycles. The topological polar surface area (TPSA) is 46.2 Å². The van der Waals surface area contributed by atoms with Gasteiger partial charge >= 0.3 is 0 Å². The summed E-state index contributed by atoms with van der Waals surface area (Å²) >= 11 is 6.84. The number of aliphatic hydroxyl groups is 1. The van der Waals surface area contributed by atoms with E-state index >= 15 is 0 Å². The maximum atomic E-state index is 9.91. The van der Waals surface area contributed by atoms with E-state index in [0.717, 1.165) is 33.8 Å². The number of halogens is 3. The Hall–Kier alpha value is 0.390. The summed E-state index contributed by atoms with van der Waals surface area (Å²) in [5.74, 6) is 0. The lowest BCUT2D eigenvalue weighted by Gasteiger charge is -2.19. The van der Waals surface area contributed by atoms with E-state index in [0.29, 0.717) is 0 Å². The molecule has 1 aromatic carbocycles.